The molecule has 1 aliphatic carbocycles. The minimum absolute atomic E-state index is 0.127. The van der Waals surface area contributed by atoms with E-state index in [1.54, 1.807) is 0 Å². The van der Waals surface area contributed by atoms with Crippen LogP contribution in [-0.4, -0.2) is 17.0 Å². The van der Waals surface area contributed by atoms with Crippen molar-refractivity contribution in [3.8, 4) is 0 Å². The van der Waals surface area contributed by atoms with Gasteiger partial charge < -0.3 is 5.11 Å². The molecule has 1 aromatic rings. The lowest BCUT2D eigenvalue weighted by Gasteiger charge is -2.09. The maximum absolute atomic E-state index is 11.9. The fourth-order valence-electron chi connectivity index (χ4n) is 1.83. The van der Waals surface area contributed by atoms with Gasteiger partial charge in [-0.25, -0.2) is 0 Å². The Hall–Kier alpha value is -1.15. The SMILES string of the molecule is CC(C)c1ccc(C(=O)C(O)C2CC2)cc1. The van der Waals surface area contributed by atoms with Crippen LogP contribution in [0.3, 0.4) is 0 Å². The maximum Gasteiger partial charge on any atom is 0.191 e. The lowest BCUT2D eigenvalue weighted by atomic mass is 9.98. The van der Waals surface area contributed by atoms with Crippen molar-refractivity contribution in [2.75, 3.05) is 0 Å². The normalized spacial score (nSPS) is 17.5. The molecule has 16 heavy (non-hydrogen) atoms. The summed E-state index contributed by atoms with van der Waals surface area (Å²) in [5, 5.41) is 9.74. The Labute approximate surface area is 96.3 Å². The predicted molar refractivity (Wildman–Crippen MR) is 63.6 cm³/mol. The molecule has 1 N–H and O–H groups in total. The molecule has 1 saturated carbocycles. The summed E-state index contributed by atoms with van der Waals surface area (Å²) < 4.78 is 0. The Morgan fingerprint density at radius 3 is 2.25 bits per heavy atom. The van der Waals surface area contributed by atoms with E-state index in [1.807, 2.05) is 24.3 Å². The van der Waals surface area contributed by atoms with Gasteiger partial charge in [-0.2, -0.15) is 0 Å². The molecule has 1 fully saturated rings. The van der Waals surface area contributed by atoms with Crippen molar-refractivity contribution in [3.63, 3.8) is 0 Å². The van der Waals surface area contributed by atoms with Crippen LogP contribution in [0.25, 0.3) is 0 Å². The highest BCUT2D eigenvalue weighted by Crippen LogP contribution is 2.34. The van der Waals surface area contributed by atoms with Gasteiger partial charge in [0.05, 0.1) is 0 Å². The van der Waals surface area contributed by atoms with Gasteiger partial charge >= 0.3 is 0 Å². The molecule has 2 heteroatoms. The molecule has 1 aromatic carbocycles. The largest absolute Gasteiger partial charge is 0.385 e. The highest BCUT2D eigenvalue weighted by Gasteiger charge is 2.34. The second-order valence-electron chi connectivity index (χ2n) is 4.92. The molecule has 2 nitrogen and oxygen atoms in total. The second kappa shape index (κ2) is 4.38. The van der Waals surface area contributed by atoms with Crippen LogP contribution in [-0.2, 0) is 0 Å². The number of aliphatic hydroxyl groups excluding tert-OH is 1. The summed E-state index contributed by atoms with van der Waals surface area (Å²) in [6.45, 7) is 4.24. The summed E-state index contributed by atoms with van der Waals surface area (Å²) in [6.07, 6.45) is 1.18. The molecule has 0 aliphatic heterocycles. The molecular formula is C14H18O2. The number of hydrogen-bond acceptors (Lipinski definition) is 2. The van der Waals surface area contributed by atoms with Gasteiger partial charge in [0.15, 0.2) is 5.78 Å². The zero-order valence-electron chi connectivity index (χ0n) is 9.81. The molecular weight excluding hydrogens is 200 g/mol. The van der Waals surface area contributed by atoms with Gasteiger partial charge in [0, 0.05) is 5.56 Å². The van der Waals surface area contributed by atoms with Gasteiger partial charge in [-0.1, -0.05) is 38.1 Å². The fourth-order valence-corrected chi connectivity index (χ4v) is 1.83. The summed E-state index contributed by atoms with van der Waals surface area (Å²) in [5.74, 6) is 0.549. The van der Waals surface area contributed by atoms with E-state index in [1.165, 1.54) is 5.56 Å². The minimum atomic E-state index is -0.787. The molecule has 1 aliphatic rings. The third-order valence-electron chi connectivity index (χ3n) is 3.20. The Morgan fingerprint density at radius 2 is 1.81 bits per heavy atom. The third kappa shape index (κ3) is 2.33. The average Bonchev–Trinajstić information content (AvgIpc) is 3.11. The first-order chi connectivity index (χ1) is 7.59. The first-order valence-electron chi connectivity index (χ1n) is 5.92. The van der Waals surface area contributed by atoms with E-state index in [0.717, 1.165) is 12.8 Å². The van der Waals surface area contributed by atoms with Crippen LogP contribution in [0.5, 0.6) is 0 Å². The van der Waals surface area contributed by atoms with Gasteiger partial charge in [0.1, 0.15) is 6.10 Å². The van der Waals surface area contributed by atoms with Crippen LogP contribution in [0, 0.1) is 5.92 Å². The predicted octanol–water partition coefficient (Wildman–Crippen LogP) is 2.76. The topological polar surface area (TPSA) is 37.3 Å². The van der Waals surface area contributed by atoms with Crippen LogP contribution >= 0.6 is 0 Å². The third-order valence-corrected chi connectivity index (χ3v) is 3.20. The zero-order chi connectivity index (χ0) is 11.7. The van der Waals surface area contributed by atoms with Crippen LogP contribution < -0.4 is 0 Å². The summed E-state index contributed by atoms with van der Waals surface area (Å²) >= 11 is 0. The standard InChI is InChI=1S/C14H18O2/c1-9(2)10-3-5-11(6-4-10)13(15)14(16)12-7-8-12/h3-6,9,12,14,16H,7-8H2,1-2H3. The van der Waals surface area contributed by atoms with Crippen molar-refractivity contribution < 1.29 is 9.90 Å². The number of aliphatic hydroxyl groups is 1. The van der Waals surface area contributed by atoms with Crippen molar-refractivity contribution in [2.45, 2.75) is 38.7 Å². The van der Waals surface area contributed by atoms with Crippen molar-refractivity contribution in [1.29, 1.82) is 0 Å². The Bertz CT molecular complexity index is 374. The molecule has 0 spiro atoms. The minimum Gasteiger partial charge on any atom is -0.385 e. The fraction of sp³-hybridized carbons (Fsp3) is 0.500. The van der Waals surface area contributed by atoms with E-state index in [9.17, 15) is 9.90 Å². The maximum atomic E-state index is 11.9. The number of carbonyl (C=O) groups excluding carboxylic acids is 1. The smallest absolute Gasteiger partial charge is 0.191 e. The Morgan fingerprint density at radius 1 is 1.25 bits per heavy atom. The number of carbonyl (C=O) groups is 1. The highest BCUT2D eigenvalue weighted by atomic mass is 16.3. The molecule has 0 radical (unpaired) electrons. The highest BCUT2D eigenvalue weighted by molar-refractivity contribution is 5.99. The van der Waals surface area contributed by atoms with Crippen LogP contribution in [0.15, 0.2) is 24.3 Å². The van der Waals surface area contributed by atoms with Gasteiger partial charge in [0.2, 0.25) is 0 Å². The number of ketones is 1. The Kier molecular flexibility index (Phi) is 3.10. The van der Waals surface area contributed by atoms with Gasteiger partial charge in [-0.05, 0) is 30.2 Å². The molecule has 0 saturated heterocycles. The van der Waals surface area contributed by atoms with Crippen molar-refractivity contribution in [3.05, 3.63) is 35.4 Å². The van der Waals surface area contributed by atoms with Crippen molar-refractivity contribution in [1.82, 2.24) is 0 Å². The van der Waals surface area contributed by atoms with E-state index < -0.39 is 6.10 Å². The van der Waals surface area contributed by atoms with Gasteiger partial charge in [-0.15, -0.1) is 0 Å². The molecule has 86 valence electrons. The van der Waals surface area contributed by atoms with E-state index in [4.69, 9.17) is 0 Å². The first kappa shape index (κ1) is 11.3. The first-order valence-corrected chi connectivity index (χ1v) is 5.92. The quantitative estimate of drug-likeness (QED) is 0.789. The second-order valence-corrected chi connectivity index (χ2v) is 4.92. The van der Waals surface area contributed by atoms with Crippen molar-refractivity contribution in [2.24, 2.45) is 5.92 Å². The molecule has 0 amide bonds. The molecule has 1 atom stereocenters. The Balaban J connectivity index is 2.11. The zero-order valence-corrected chi connectivity index (χ0v) is 9.81. The molecule has 0 heterocycles. The van der Waals surface area contributed by atoms with Crippen molar-refractivity contribution >= 4 is 5.78 Å². The number of benzene rings is 1. The van der Waals surface area contributed by atoms with E-state index in [0.29, 0.717) is 11.5 Å². The lowest BCUT2D eigenvalue weighted by Crippen LogP contribution is -2.22. The van der Waals surface area contributed by atoms with Gasteiger partial charge in [0.25, 0.3) is 0 Å². The van der Waals surface area contributed by atoms with Crippen LogP contribution in [0.4, 0.5) is 0 Å². The lowest BCUT2D eigenvalue weighted by molar-refractivity contribution is 0.0704. The summed E-state index contributed by atoms with van der Waals surface area (Å²) in [6, 6.07) is 7.58. The number of hydrogen-bond donors (Lipinski definition) is 1. The molecule has 0 bridgehead atoms. The summed E-state index contributed by atoms with van der Waals surface area (Å²) in [7, 11) is 0. The van der Waals surface area contributed by atoms with E-state index in [2.05, 4.69) is 13.8 Å². The molecule has 1 unspecified atom stereocenters. The number of Topliss-reactive ketones (excluding diaryl/α,β-unsaturated/α-hetero) is 1. The monoisotopic (exact) mass is 218 g/mol. The van der Waals surface area contributed by atoms with Gasteiger partial charge in [-0.3, -0.25) is 4.79 Å². The van der Waals surface area contributed by atoms with E-state index >= 15 is 0 Å². The molecule has 0 aromatic heterocycles. The van der Waals surface area contributed by atoms with Crippen LogP contribution in [0.1, 0.15) is 48.5 Å². The van der Waals surface area contributed by atoms with Crippen LogP contribution in [0.2, 0.25) is 0 Å². The van der Waals surface area contributed by atoms with E-state index in [-0.39, 0.29) is 11.7 Å². The number of rotatable bonds is 4. The molecule has 2 rings (SSSR count). The summed E-state index contributed by atoms with van der Waals surface area (Å²) in [5.41, 5.74) is 1.85. The average molecular weight is 218 g/mol. The summed E-state index contributed by atoms with van der Waals surface area (Å²) in [4.78, 5) is 11.9.